The molecule has 7 nitrogen and oxygen atoms in total. The molecule has 110 valence electrons. The van der Waals surface area contributed by atoms with Gasteiger partial charge in [-0.15, -0.1) is 0 Å². The molecule has 1 aliphatic heterocycles. The lowest BCUT2D eigenvalue weighted by atomic mass is 9.81. The number of aromatic nitrogens is 1. The molecule has 0 amide bonds. The number of esters is 1. The molecule has 1 aromatic rings. The van der Waals surface area contributed by atoms with Crippen LogP contribution in [-0.2, 0) is 9.53 Å². The van der Waals surface area contributed by atoms with E-state index >= 15 is 0 Å². The maximum Gasteiger partial charge on any atom is 0.360 e. The number of nitrogens with zero attached hydrogens (tertiary/aromatic N) is 2. The highest BCUT2D eigenvalue weighted by atomic mass is 16.5. The van der Waals surface area contributed by atoms with Crippen LogP contribution in [0.1, 0.15) is 37.2 Å². The third-order valence-corrected chi connectivity index (χ3v) is 3.63. The summed E-state index contributed by atoms with van der Waals surface area (Å²) in [6.45, 7) is 4.81. The van der Waals surface area contributed by atoms with E-state index in [1.54, 1.807) is 13.8 Å². The van der Waals surface area contributed by atoms with Gasteiger partial charge in [0, 0.05) is 13.1 Å². The fourth-order valence-corrected chi connectivity index (χ4v) is 2.11. The van der Waals surface area contributed by atoms with E-state index in [2.05, 4.69) is 4.98 Å². The zero-order chi connectivity index (χ0) is 14.8. The van der Waals surface area contributed by atoms with Crippen LogP contribution in [0.5, 0.6) is 0 Å². The lowest BCUT2D eigenvalue weighted by Gasteiger charge is -2.35. The average Bonchev–Trinajstić information content (AvgIpc) is 2.89. The maximum atomic E-state index is 11.5. The number of hydrogen-bond donors (Lipinski definition) is 1. The van der Waals surface area contributed by atoms with Crippen LogP contribution in [0.25, 0.3) is 0 Å². The molecule has 1 saturated heterocycles. The standard InChI is InChI=1S/C13H18N2O5/c1-3-19-10(16)9-8-20-12(14-9)15-6-4-13(2,5-7-15)11(17)18/h8H,3-7H2,1-2H3,(H,17,18). The van der Waals surface area contributed by atoms with Crippen molar-refractivity contribution in [2.45, 2.75) is 26.7 Å². The number of hydrogen-bond acceptors (Lipinski definition) is 6. The van der Waals surface area contributed by atoms with Crippen LogP contribution in [0.15, 0.2) is 10.7 Å². The van der Waals surface area contributed by atoms with E-state index in [-0.39, 0.29) is 12.3 Å². The molecule has 2 heterocycles. The van der Waals surface area contributed by atoms with E-state index in [4.69, 9.17) is 9.15 Å². The zero-order valence-electron chi connectivity index (χ0n) is 11.6. The van der Waals surface area contributed by atoms with Crippen LogP contribution < -0.4 is 4.90 Å². The summed E-state index contributed by atoms with van der Waals surface area (Å²) in [6, 6.07) is 0.334. The highest BCUT2D eigenvalue weighted by Crippen LogP contribution is 2.32. The molecule has 0 spiro atoms. The second kappa shape index (κ2) is 5.52. The first-order chi connectivity index (χ1) is 9.46. The summed E-state index contributed by atoms with van der Waals surface area (Å²) in [5, 5.41) is 9.17. The number of rotatable bonds is 4. The van der Waals surface area contributed by atoms with E-state index in [9.17, 15) is 14.7 Å². The van der Waals surface area contributed by atoms with Crippen LogP contribution in [0.4, 0.5) is 6.01 Å². The molecule has 0 unspecified atom stereocenters. The van der Waals surface area contributed by atoms with Crippen molar-refractivity contribution in [2.75, 3.05) is 24.6 Å². The molecule has 0 aliphatic carbocycles. The molecule has 1 fully saturated rings. The van der Waals surface area contributed by atoms with Gasteiger partial charge in [-0.1, -0.05) is 0 Å². The number of oxazole rings is 1. The number of carboxylic acid groups (broad SMARTS) is 1. The van der Waals surface area contributed by atoms with Gasteiger partial charge in [-0.05, 0) is 26.7 Å². The fourth-order valence-electron chi connectivity index (χ4n) is 2.11. The summed E-state index contributed by atoms with van der Waals surface area (Å²) >= 11 is 0. The lowest BCUT2D eigenvalue weighted by molar-refractivity contribution is -0.149. The molecule has 20 heavy (non-hydrogen) atoms. The minimum absolute atomic E-state index is 0.133. The van der Waals surface area contributed by atoms with Gasteiger partial charge in [0.2, 0.25) is 0 Å². The summed E-state index contributed by atoms with van der Waals surface area (Å²) in [7, 11) is 0. The number of aliphatic carboxylic acids is 1. The smallest absolute Gasteiger partial charge is 0.360 e. The van der Waals surface area contributed by atoms with Crippen LogP contribution in [0.3, 0.4) is 0 Å². The summed E-state index contributed by atoms with van der Waals surface area (Å²) in [5.74, 6) is -1.30. The SMILES string of the molecule is CCOC(=O)c1coc(N2CCC(C)(C(=O)O)CC2)n1. The van der Waals surface area contributed by atoms with Crippen molar-refractivity contribution in [3.8, 4) is 0 Å². The average molecular weight is 282 g/mol. The molecule has 0 saturated carbocycles. The van der Waals surface area contributed by atoms with Crippen LogP contribution >= 0.6 is 0 Å². The largest absolute Gasteiger partial charge is 0.481 e. The van der Waals surface area contributed by atoms with Gasteiger partial charge >= 0.3 is 11.9 Å². The third-order valence-electron chi connectivity index (χ3n) is 3.63. The Kier molecular flexibility index (Phi) is 3.96. The highest BCUT2D eigenvalue weighted by molar-refractivity contribution is 5.87. The van der Waals surface area contributed by atoms with Crippen LogP contribution in [0.2, 0.25) is 0 Å². The van der Waals surface area contributed by atoms with Crippen LogP contribution in [-0.4, -0.2) is 41.7 Å². The Hall–Kier alpha value is -2.05. The Bertz CT molecular complexity index is 503. The monoisotopic (exact) mass is 282 g/mol. The molecular weight excluding hydrogens is 264 g/mol. The third kappa shape index (κ3) is 2.76. The molecular formula is C13H18N2O5. The number of carboxylic acids is 1. The molecule has 1 aliphatic rings. The van der Waals surface area contributed by atoms with Gasteiger partial charge in [0.25, 0.3) is 6.01 Å². The van der Waals surface area contributed by atoms with Gasteiger partial charge in [0.05, 0.1) is 12.0 Å². The van der Waals surface area contributed by atoms with E-state index < -0.39 is 17.4 Å². The van der Waals surface area contributed by atoms with Crippen molar-refractivity contribution in [3.05, 3.63) is 12.0 Å². The predicted molar refractivity (Wildman–Crippen MR) is 69.6 cm³/mol. The van der Waals surface area contributed by atoms with Gasteiger partial charge in [-0.25, -0.2) is 4.79 Å². The van der Waals surface area contributed by atoms with Gasteiger partial charge in [-0.3, -0.25) is 4.79 Å². The quantitative estimate of drug-likeness (QED) is 0.837. The molecule has 0 bridgehead atoms. The summed E-state index contributed by atoms with van der Waals surface area (Å²) in [5.41, 5.74) is -0.569. The Morgan fingerprint density at radius 2 is 2.15 bits per heavy atom. The first kappa shape index (κ1) is 14.4. The Morgan fingerprint density at radius 1 is 1.50 bits per heavy atom. The Morgan fingerprint density at radius 3 is 2.70 bits per heavy atom. The zero-order valence-corrected chi connectivity index (χ0v) is 11.6. The maximum absolute atomic E-state index is 11.5. The second-order valence-electron chi connectivity index (χ2n) is 5.09. The Labute approximate surface area is 116 Å². The molecule has 1 N–H and O–H groups in total. The van der Waals surface area contributed by atoms with E-state index in [1.165, 1.54) is 6.26 Å². The van der Waals surface area contributed by atoms with Crippen molar-refractivity contribution < 1.29 is 23.8 Å². The van der Waals surface area contributed by atoms with Crippen molar-refractivity contribution in [3.63, 3.8) is 0 Å². The number of carbonyl (C=O) groups is 2. The second-order valence-corrected chi connectivity index (χ2v) is 5.09. The van der Waals surface area contributed by atoms with Crippen LogP contribution in [0, 0.1) is 5.41 Å². The first-order valence-corrected chi connectivity index (χ1v) is 6.57. The minimum Gasteiger partial charge on any atom is -0.481 e. The number of piperidine rings is 1. The first-order valence-electron chi connectivity index (χ1n) is 6.57. The summed E-state index contributed by atoms with van der Waals surface area (Å²) < 4.78 is 10.1. The predicted octanol–water partition coefficient (Wildman–Crippen LogP) is 1.54. The molecule has 7 heteroatoms. The molecule has 2 rings (SSSR count). The van der Waals surface area contributed by atoms with Crippen molar-refractivity contribution in [1.29, 1.82) is 0 Å². The number of anilines is 1. The van der Waals surface area contributed by atoms with Crippen molar-refractivity contribution in [1.82, 2.24) is 4.98 Å². The van der Waals surface area contributed by atoms with E-state index in [0.29, 0.717) is 31.9 Å². The normalized spacial score (nSPS) is 17.8. The molecule has 0 radical (unpaired) electrons. The van der Waals surface area contributed by atoms with Crippen molar-refractivity contribution in [2.24, 2.45) is 5.41 Å². The van der Waals surface area contributed by atoms with Crippen molar-refractivity contribution >= 4 is 18.0 Å². The summed E-state index contributed by atoms with van der Waals surface area (Å²) in [4.78, 5) is 28.6. The van der Waals surface area contributed by atoms with Gasteiger partial charge < -0.3 is 19.2 Å². The molecule has 1 aromatic heterocycles. The Balaban J connectivity index is 2.01. The molecule has 0 aromatic carbocycles. The lowest BCUT2D eigenvalue weighted by Crippen LogP contribution is -2.42. The molecule has 0 atom stereocenters. The van der Waals surface area contributed by atoms with Gasteiger partial charge in [-0.2, -0.15) is 4.98 Å². The fraction of sp³-hybridized carbons (Fsp3) is 0.615. The number of carbonyl (C=O) groups excluding carboxylic acids is 1. The topological polar surface area (TPSA) is 92.9 Å². The van der Waals surface area contributed by atoms with Gasteiger partial charge in [0.15, 0.2) is 5.69 Å². The van der Waals surface area contributed by atoms with E-state index in [0.717, 1.165) is 0 Å². The van der Waals surface area contributed by atoms with E-state index in [1.807, 2.05) is 4.90 Å². The number of ether oxygens (including phenoxy) is 1. The summed E-state index contributed by atoms with van der Waals surface area (Å²) in [6.07, 6.45) is 2.29. The van der Waals surface area contributed by atoms with Gasteiger partial charge in [0.1, 0.15) is 6.26 Å². The highest BCUT2D eigenvalue weighted by Gasteiger charge is 2.37. The minimum atomic E-state index is -0.781.